The van der Waals surface area contributed by atoms with Crippen molar-refractivity contribution in [2.24, 2.45) is 0 Å². The van der Waals surface area contributed by atoms with E-state index in [1.54, 1.807) is 17.8 Å². The van der Waals surface area contributed by atoms with Gasteiger partial charge in [-0.15, -0.1) is 0 Å². The Hall–Kier alpha value is -3.53. The lowest BCUT2D eigenvalue weighted by Crippen LogP contribution is -2.46. The molecule has 34 heavy (non-hydrogen) atoms. The van der Waals surface area contributed by atoms with Gasteiger partial charge in [-0.2, -0.15) is 23.5 Å². The minimum atomic E-state index is -4.70. The Morgan fingerprint density at radius 2 is 2.12 bits per heavy atom. The molecule has 0 unspecified atom stereocenters. The average molecular weight is 494 g/mol. The number of nitrogens with one attached hydrogen (secondary N) is 2. The summed E-state index contributed by atoms with van der Waals surface area (Å²) in [6.07, 6.45) is -1.52. The van der Waals surface area contributed by atoms with Crippen LogP contribution in [0, 0.1) is 18.3 Å². The number of halogens is 3. The molecule has 13 heteroatoms. The second-order valence-corrected chi connectivity index (χ2v) is 8.14. The van der Waals surface area contributed by atoms with Gasteiger partial charge in [0.05, 0.1) is 30.0 Å². The molecule has 0 aliphatic carbocycles. The van der Waals surface area contributed by atoms with Crippen molar-refractivity contribution in [1.82, 2.24) is 25.4 Å². The summed E-state index contributed by atoms with van der Waals surface area (Å²) in [5, 5.41) is 18.7. The van der Waals surface area contributed by atoms with Crippen LogP contribution in [-0.4, -0.2) is 39.1 Å². The van der Waals surface area contributed by atoms with E-state index >= 15 is 0 Å². The molecule has 2 N–H and O–H groups in total. The molecule has 3 rings (SSSR count). The second-order valence-electron chi connectivity index (χ2n) is 7.18. The molecule has 0 aromatic carbocycles. The quantitative estimate of drug-likeness (QED) is 0.447. The van der Waals surface area contributed by atoms with Crippen molar-refractivity contribution in [1.29, 1.82) is 5.26 Å². The fourth-order valence-electron chi connectivity index (χ4n) is 3.30. The molecule has 1 aliphatic heterocycles. The summed E-state index contributed by atoms with van der Waals surface area (Å²) in [7, 11) is 0. The Balaban J connectivity index is 2.04. The predicted molar refractivity (Wildman–Crippen MR) is 115 cm³/mol. The normalized spacial score (nSPS) is 16.0. The standard InChI is InChI=1S/C21H21F3N6O3S/c1-4-30-9-12(8-26-30)17-16(19(31)33-5-2)14(27-20(32)29-17)10-34-18-13(7-25)11(3)6-15(28-18)21(22,23)24/h6,8-9,17H,4-5,10H2,1-3H3,(H2,27,29,32)/t17-/m1/s1. The van der Waals surface area contributed by atoms with Gasteiger partial charge < -0.3 is 15.4 Å². The van der Waals surface area contributed by atoms with Gasteiger partial charge in [-0.3, -0.25) is 4.68 Å². The van der Waals surface area contributed by atoms with Gasteiger partial charge >= 0.3 is 18.2 Å². The molecule has 0 bridgehead atoms. The van der Waals surface area contributed by atoms with Gasteiger partial charge in [0.25, 0.3) is 0 Å². The topological polar surface area (TPSA) is 122 Å². The summed E-state index contributed by atoms with van der Waals surface area (Å²) in [5.41, 5.74) is -0.268. The summed E-state index contributed by atoms with van der Waals surface area (Å²) >= 11 is 0.808. The zero-order valence-corrected chi connectivity index (χ0v) is 19.3. The molecule has 2 aromatic heterocycles. The predicted octanol–water partition coefficient (Wildman–Crippen LogP) is 3.46. The number of hydrogen-bond donors (Lipinski definition) is 2. The molecule has 0 saturated carbocycles. The van der Waals surface area contributed by atoms with E-state index in [9.17, 15) is 28.0 Å². The van der Waals surface area contributed by atoms with Gasteiger partial charge in [0, 0.05) is 29.8 Å². The molecular weight excluding hydrogens is 473 g/mol. The van der Waals surface area contributed by atoms with Gasteiger partial charge in [-0.1, -0.05) is 11.8 Å². The lowest BCUT2D eigenvalue weighted by molar-refractivity contribution is -0.141. The Labute approximate surface area is 197 Å². The number of nitriles is 1. The molecule has 2 amide bonds. The number of nitrogens with zero attached hydrogens (tertiary/aromatic N) is 4. The van der Waals surface area contributed by atoms with Crippen molar-refractivity contribution in [3.8, 4) is 6.07 Å². The van der Waals surface area contributed by atoms with Gasteiger partial charge in [0.15, 0.2) is 0 Å². The number of aromatic nitrogens is 3. The first kappa shape index (κ1) is 25.1. The number of carbonyl (C=O) groups excluding carboxylic acids is 2. The third-order valence-corrected chi connectivity index (χ3v) is 5.90. The Morgan fingerprint density at radius 3 is 2.71 bits per heavy atom. The molecule has 180 valence electrons. The summed E-state index contributed by atoms with van der Waals surface area (Å²) in [5.74, 6) is -0.837. The smallest absolute Gasteiger partial charge is 0.433 e. The zero-order valence-electron chi connectivity index (χ0n) is 18.5. The van der Waals surface area contributed by atoms with Gasteiger partial charge in [-0.05, 0) is 32.4 Å². The third-order valence-electron chi connectivity index (χ3n) is 4.90. The summed E-state index contributed by atoms with van der Waals surface area (Å²) in [6, 6.07) is 1.19. The first-order valence-corrected chi connectivity index (χ1v) is 11.2. The molecule has 0 spiro atoms. The van der Waals surface area contributed by atoms with Crippen LogP contribution in [0.2, 0.25) is 0 Å². The van der Waals surface area contributed by atoms with Gasteiger partial charge in [0.2, 0.25) is 0 Å². The van der Waals surface area contributed by atoms with Crippen LogP contribution in [0.4, 0.5) is 18.0 Å². The molecule has 2 aromatic rings. The molecule has 1 aliphatic rings. The van der Waals surface area contributed by atoms with Crippen LogP contribution in [0.1, 0.15) is 42.3 Å². The van der Waals surface area contributed by atoms with Crippen molar-refractivity contribution in [2.75, 3.05) is 12.4 Å². The summed E-state index contributed by atoms with van der Waals surface area (Å²) in [4.78, 5) is 28.8. The Kier molecular flexibility index (Phi) is 7.51. The maximum absolute atomic E-state index is 13.3. The van der Waals surface area contributed by atoms with Crippen molar-refractivity contribution in [3.63, 3.8) is 0 Å². The molecule has 9 nitrogen and oxygen atoms in total. The minimum absolute atomic E-state index is 0.0164. The van der Waals surface area contributed by atoms with Crippen LogP contribution in [-0.2, 0) is 22.3 Å². The maximum atomic E-state index is 13.3. The van der Waals surface area contributed by atoms with Crippen molar-refractivity contribution < 1.29 is 27.5 Å². The highest BCUT2D eigenvalue weighted by Crippen LogP contribution is 2.35. The molecule has 3 heterocycles. The highest BCUT2D eigenvalue weighted by Gasteiger charge is 2.36. The lowest BCUT2D eigenvalue weighted by atomic mass is 9.98. The number of carbonyl (C=O) groups is 2. The van der Waals surface area contributed by atoms with Crippen LogP contribution < -0.4 is 10.6 Å². The molecule has 0 saturated heterocycles. The number of aryl methyl sites for hydroxylation is 2. The first-order valence-electron chi connectivity index (χ1n) is 10.2. The fourth-order valence-corrected chi connectivity index (χ4v) is 4.33. The van der Waals surface area contributed by atoms with E-state index in [1.807, 2.05) is 13.0 Å². The van der Waals surface area contributed by atoms with Crippen LogP contribution in [0.15, 0.2) is 34.8 Å². The highest BCUT2D eigenvalue weighted by atomic mass is 32.2. The Bertz CT molecular complexity index is 1190. The summed E-state index contributed by atoms with van der Waals surface area (Å²) in [6.45, 7) is 5.53. The SMILES string of the molecule is CCOC(=O)C1=C(CSc2nc(C(F)(F)F)cc(C)c2C#N)NC(=O)N[C@@H]1c1cnn(CC)c1. The number of amides is 2. The largest absolute Gasteiger partial charge is 0.463 e. The molecule has 0 radical (unpaired) electrons. The van der Waals surface area contributed by atoms with E-state index in [4.69, 9.17) is 4.74 Å². The maximum Gasteiger partial charge on any atom is 0.433 e. The fraction of sp³-hybridized carbons (Fsp3) is 0.381. The van der Waals surface area contributed by atoms with Crippen LogP contribution in [0.25, 0.3) is 0 Å². The van der Waals surface area contributed by atoms with E-state index in [-0.39, 0.29) is 39.8 Å². The van der Waals surface area contributed by atoms with E-state index in [0.29, 0.717) is 12.1 Å². The zero-order chi connectivity index (χ0) is 25.0. The average Bonchev–Trinajstić information content (AvgIpc) is 3.25. The number of hydrogen-bond acceptors (Lipinski definition) is 7. The number of esters is 1. The van der Waals surface area contributed by atoms with E-state index in [2.05, 4.69) is 20.7 Å². The second kappa shape index (κ2) is 10.2. The number of ether oxygens (including phenoxy) is 1. The number of pyridine rings is 1. The third kappa shape index (κ3) is 5.33. The Morgan fingerprint density at radius 1 is 1.38 bits per heavy atom. The van der Waals surface area contributed by atoms with E-state index < -0.39 is 29.9 Å². The first-order chi connectivity index (χ1) is 16.1. The van der Waals surface area contributed by atoms with E-state index in [0.717, 1.165) is 17.8 Å². The van der Waals surface area contributed by atoms with Crippen LogP contribution >= 0.6 is 11.8 Å². The van der Waals surface area contributed by atoms with Crippen LogP contribution in [0.5, 0.6) is 0 Å². The monoisotopic (exact) mass is 494 g/mol. The summed E-state index contributed by atoms with van der Waals surface area (Å²) < 4.78 is 46.6. The number of alkyl halides is 3. The molecular formula is C21H21F3N6O3S. The lowest BCUT2D eigenvalue weighted by Gasteiger charge is -2.28. The highest BCUT2D eigenvalue weighted by molar-refractivity contribution is 7.99. The van der Waals surface area contributed by atoms with E-state index in [1.165, 1.54) is 13.1 Å². The number of thioether (sulfide) groups is 1. The van der Waals surface area contributed by atoms with Gasteiger partial charge in [0.1, 0.15) is 16.8 Å². The van der Waals surface area contributed by atoms with Gasteiger partial charge in [-0.25, -0.2) is 14.6 Å². The number of rotatable bonds is 7. The van der Waals surface area contributed by atoms with Crippen LogP contribution in [0.3, 0.4) is 0 Å². The number of urea groups is 1. The minimum Gasteiger partial charge on any atom is -0.463 e. The molecule has 1 atom stereocenters. The van der Waals surface area contributed by atoms with Crippen molar-refractivity contribution in [2.45, 2.75) is 44.6 Å². The molecule has 0 fully saturated rings. The van der Waals surface area contributed by atoms with Crippen molar-refractivity contribution in [3.05, 3.63) is 52.1 Å². The van der Waals surface area contributed by atoms with Crippen molar-refractivity contribution >= 4 is 23.8 Å².